The number of methoxy groups -OCH3 is 3. The molecule has 5 rings (SSSR count). The molecule has 0 radical (unpaired) electrons. The highest BCUT2D eigenvalue weighted by Crippen LogP contribution is 2.53. The average Bonchev–Trinajstić information content (AvgIpc) is 3.57. The third-order valence-electron chi connectivity index (χ3n) is 7.78. The summed E-state index contributed by atoms with van der Waals surface area (Å²) in [5, 5.41) is 61.0. The largest absolute Gasteiger partial charge is 0.504 e. The van der Waals surface area contributed by atoms with Crippen molar-refractivity contribution in [1.82, 2.24) is 0 Å². The fraction of sp³-hybridized carbons (Fsp3) is 0.556. The van der Waals surface area contributed by atoms with Crippen LogP contribution in [0.25, 0.3) is 0 Å². The van der Waals surface area contributed by atoms with Gasteiger partial charge in [0.1, 0.15) is 24.4 Å². The number of aliphatic hydroxyl groups is 4. The van der Waals surface area contributed by atoms with Gasteiger partial charge in [-0.1, -0.05) is 0 Å². The van der Waals surface area contributed by atoms with Gasteiger partial charge in [-0.3, -0.25) is 0 Å². The van der Waals surface area contributed by atoms with Crippen LogP contribution in [0.4, 0.5) is 0 Å². The number of phenols is 2. The molecule has 0 bridgehead atoms. The van der Waals surface area contributed by atoms with E-state index in [9.17, 15) is 30.6 Å². The molecule has 3 saturated heterocycles. The average molecular weight is 567 g/mol. The minimum atomic E-state index is -1.66. The van der Waals surface area contributed by atoms with Gasteiger partial charge in [0.15, 0.2) is 23.0 Å². The Kier molecular flexibility index (Phi) is 8.15. The summed E-state index contributed by atoms with van der Waals surface area (Å²) in [5.74, 6) is -0.0574. The molecule has 220 valence electrons. The molecule has 3 aliphatic heterocycles. The van der Waals surface area contributed by atoms with Gasteiger partial charge in [0, 0.05) is 11.8 Å². The van der Waals surface area contributed by atoms with E-state index in [1.807, 2.05) is 0 Å². The van der Waals surface area contributed by atoms with Crippen molar-refractivity contribution >= 4 is 0 Å². The molecule has 0 saturated carbocycles. The topological polar surface area (TPSA) is 186 Å². The molecule has 2 aromatic carbocycles. The highest BCUT2D eigenvalue weighted by Gasteiger charge is 2.49. The summed E-state index contributed by atoms with van der Waals surface area (Å²) in [7, 11) is 4.28. The van der Waals surface area contributed by atoms with Crippen LogP contribution in [0.1, 0.15) is 23.3 Å². The van der Waals surface area contributed by atoms with Crippen LogP contribution in [0.5, 0.6) is 34.5 Å². The van der Waals surface area contributed by atoms with Gasteiger partial charge in [0.05, 0.1) is 53.4 Å². The first-order chi connectivity index (χ1) is 19.2. The van der Waals surface area contributed by atoms with Crippen molar-refractivity contribution in [2.24, 2.45) is 11.8 Å². The number of aromatic hydroxyl groups is 2. The molecule has 9 atom stereocenters. The molecule has 9 unspecified atom stereocenters. The van der Waals surface area contributed by atoms with Crippen LogP contribution < -0.4 is 18.9 Å². The number of hydrogen-bond acceptors (Lipinski definition) is 13. The SMILES string of the molecule is COc1cc(C2OCC3C(c4cc(O)c(OC5OC(CO)C(O)C(O)C5O)c(OC)c4)OCC23)cc(OC)c1O. The second kappa shape index (κ2) is 11.4. The Morgan fingerprint density at radius 1 is 0.750 bits per heavy atom. The summed E-state index contributed by atoms with van der Waals surface area (Å²) in [6.45, 7) is 0.122. The Labute approximate surface area is 230 Å². The maximum absolute atomic E-state index is 10.9. The Morgan fingerprint density at radius 2 is 1.27 bits per heavy atom. The highest BCUT2D eigenvalue weighted by molar-refractivity contribution is 5.55. The third kappa shape index (κ3) is 4.87. The third-order valence-corrected chi connectivity index (χ3v) is 7.78. The van der Waals surface area contributed by atoms with E-state index in [1.165, 1.54) is 27.4 Å². The Bertz CT molecular complexity index is 1180. The summed E-state index contributed by atoms with van der Waals surface area (Å²) in [5.41, 5.74) is 1.38. The van der Waals surface area contributed by atoms with Crippen LogP contribution in [-0.4, -0.2) is 102 Å². The summed E-state index contributed by atoms with van der Waals surface area (Å²) >= 11 is 0. The lowest BCUT2D eigenvalue weighted by molar-refractivity contribution is -0.277. The number of ether oxygens (including phenoxy) is 7. The summed E-state index contributed by atoms with van der Waals surface area (Å²) in [6, 6.07) is 6.50. The lowest BCUT2D eigenvalue weighted by Crippen LogP contribution is -2.60. The van der Waals surface area contributed by atoms with E-state index < -0.39 is 43.4 Å². The predicted octanol–water partition coefficient (Wildman–Crippen LogP) is 0.377. The number of fused-ring (bicyclic) bond motifs is 1. The molecule has 13 heteroatoms. The summed E-state index contributed by atoms with van der Waals surface area (Å²) in [6.07, 6.45) is -8.33. The molecule has 0 aromatic heterocycles. The van der Waals surface area contributed by atoms with Crippen LogP contribution in [0.3, 0.4) is 0 Å². The zero-order valence-corrected chi connectivity index (χ0v) is 22.2. The minimum Gasteiger partial charge on any atom is -0.504 e. The molecule has 0 spiro atoms. The Morgan fingerprint density at radius 3 is 1.80 bits per heavy atom. The van der Waals surface area contributed by atoms with E-state index in [1.54, 1.807) is 18.2 Å². The number of rotatable bonds is 8. The molecule has 0 aliphatic carbocycles. The van der Waals surface area contributed by atoms with Crippen molar-refractivity contribution in [3.63, 3.8) is 0 Å². The van der Waals surface area contributed by atoms with E-state index in [0.29, 0.717) is 18.8 Å². The normalized spacial score (nSPS) is 33.4. The van der Waals surface area contributed by atoms with Crippen molar-refractivity contribution in [3.05, 3.63) is 35.4 Å². The first-order valence-electron chi connectivity index (χ1n) is 12.8. The van der Waals surface area contributed by atoms with Crippen LogP contribution in [0.15, 0.2) is 24.3 Å². The molecular formula is C27H34O13. The predicted molar refractivity (Wildman–Crippen MR) is 135 cm³/mol. The van der Waals surface area contributed by atoms with E-state index in [2.05, 4.69) is 0 Å². The molecule has 3 heterocycles. The zero-order chi connectivity index (χ0) is 28.7. The van der Waals surface area contributed by atoms with Crippen molar-refractivity contribution in [2.45, 2.75) is 42.9 Å². The highest BCUT2D eigenvalue weighted by atomic mass is 16.7. The van der Waals surface area contributed by atoms with Crippen LogP contribution in [-0.2, 0) is 14.2 Å². The van der Waals surface area contributed by atoms with Crippen molar-refractivity contribution in [2.75, 3.05) is 41.2 Å². The molecule has 40 heavy (non-hydrogen) atoms. The molecular weight excluding hydrogens is 532 g/mol. The van der Waals surface area contributed by atoms with Gasteiger partial charge < -0.3 is 63.8 Å². The number of hydrogen-bond donors (Lipinski definition) is 6. The first-order valence-corrected chi connectivity index (χ1v) is 12.8. The van der Waals surface area contributed by atoms with Gasteiger partial charge in [-0.15, -0.1) is 0 Å². The van der Waals surface area contributed by atoms with Gasteiger partial charge in [-0.25, -0.2) is 0 Å². The van der Waals surface area contributed by atoms with E-state index in [0.717, 1.165) is 5.56 Å². The molecule has 3 aliphatic rings. The molecule has 2 aromatic rings. The van der Waals surface area contributed by atoms with Crippen molar-refractivity contribution in [1.29, 1.82) is 0 Å². The van der Waals surface area contributed by atoms with Gasteiger partial charge in [0.2, 0.25) is 17.8 Å². The van der Waals surface area contributed by atoms with Crippen LogP contribution in [0.2, 0.25) is 0 Å². The first kappa shape index (κ1) is 28.5. The van der Waals surface area contributed by atoms with Gasteiger partial charge in [-0.2, -0.15) is 0 Å². The quantitative estimate of drug-likeness (QED) is 0.258. The minimum absolute atomic E-state index is 0.0397. The van der Waals surface area contributed by atoms with Crippen LogP contribution in [0, 0.1) is 11.8 Å². The summed E-state index contributed by atoms with van der Waals surface area (Å²) in [4.78, 5) is 0. The van der Waals surface area contributed by atoms with Gasteiger partial charge >= 0.3 is 0 Å². The number of benzene rings is 2. The van der Waals surface area contributed by atoms with E-state index in [4.69, 9.17) is 33.2 Å². The lowest BCUT2D eigenvalue weighted by atomic mass is 9.84. The van der Waals surface area contributed by atoms with E-state index in [-0.39, 0.29) is 52.4 Å². The standard InChI is InChI=1S/C27H34O13/c1-34-16-5-12(6-17(35-2)20(16)30)25-14-10-37-24(13(14)9-38-25)11-4-15(29)26(18(7-11)36-3)40-27-23(33)22(32)21(31)19(8-28)39-27/h4-7,13-14,19,21-25,27-33H,8-10H2,1-3H3. The maximum Gasteiger partial charge on any atom is 0.229 e. The van der Waals surface area contributed by atoms with Gasteiger partial charge in [-0.05, 0) is 35.4 Å². The Hall–Kier alpha value is -3.04. The fourth-order valence-corrected chi connectivity index (χ4v) is 5.64. The molecule has 13 nitrogen and oxygen atoms in total. The summed E-state index contributed by atoms with van der Waals surface area (Å²) < 4.78 is 39.4. The maximum atomic E-state index is 10.9. The Balaban J connectivity index is 1.37. The molecule has 3 fully saturated rings. The monoisotopic (exact) mass is 566 g/mol. The molecule has 0 amide bonds. The zero-order valence-electron chi connectivity index (χ0n) is 22.2. The number of phenolic OH excluding ortho intramolecular Hbond substituents is 2. The van der Waals surface area contributed by atoms with Crippen molar-refractivity contribution in [3.8, 4) is 34.5 Å². The number of aliphatic hydroxyl groups excluding tert-OH is 4. The second-order valence-electron chi connectivity index (χ2n) is 10.00. The van der Waals surface area contributed by atoms with Crippen LogP contribution >= 0.6 is 0 Å². The van der Waals surface area contributed by atoms with Gasteiger partial charge in [0.25, 0.3) is 0 Å². The van der Waals surface area contributed by atoms with Crippen molar-refractivity contribution < 1.29 is 63.8 Å². The second-order valence-corrected chi connectivity index (χ2v) is 10.00. The molecule has 6 N–H and O–H groups in total. The smallest absolute Gasteiger partial charge is 0.229 e. The lowest BCUT2D eigenvalue weighted by Gasteiger charge is -2.39. The fourth-order valence-electron chi connectivity index (χ4n) is 5.64. The van der Waals surface area contributed by atoms with E-state index >= 15 is 0 Å².